The molecule has 0 aromatic heterocycles. The molecular weight excluding hydrogens is 238 g/mol. The molecule has 0 amide bonds. The van der Waals surface area contributed by atoms with Crippen molar-refractivity contribution in [3.63, 3.8) is 0 Å². The molecule has 0 aromatic carbocycles. The van der Waals surface area contributed by atoms with Crippen molar-refractivity contribution in [2.75, 3.05) is 0 Å². The average Bonchev–Trinajstić information content (AvgIpc) is 2.38. The molecule has 114 valence electrons. The monoisotopic (exact) mass is 271 g/mol. The second-order valence-electron chi connectivity index (χ2n) is 5.40. The van der Waals surface area contributed by atoms with E-state index in [2.05, 4.69) is 13.8 Å². The van der Waals surface area contributed by atoms with Crippen LogP contribution in [0.5, 0.6) is 0 Å². The van der Waals surface area contributed by atoms with E-state index in [0.717, 1.165) is 25.7 Å². The van der Waals surface area contributed by atoms with Gasteiger partial charge in [0.1, 0.15) is 0 Å². The van der Waals surface area contributed by atoms with Crippen LogP contribution < -0.4 is 5.73 Å². The van der Waals surface area contributed by atoms with Crippen LogP contribution in [0.25, 0.3) is 0 Å². The van der Waals surface area contributed by atoms with E-state index in [9.17, 15) is 4.79 Å². The molecule has 0 aliphatic rings. The Morgan fingerprint density at radius 1 is 0.895 bits per heavy atom. The van der Waals surface area contributed by atoms with Crippen LogP contribution in [0.2, 0.25) is 0 Å². The van der Waals surface area contributed by atoms with E-state index >= 15 is 0 Å². The van der Waals surface area contributed by atoms with Gasteiger partial charge in [-0.15, -0.1) is 0 Å². The van der Waals surface area contributed by atoms with E-state index in [0.29, 0.717) is 6.42 Å². The number of nitrogens with two attached hydrogens (primary N) is 1. The molecule has 19 heavy (non-hydrogen) atoms. The number of hydrogen-bond donors (Lipinski definition) is 1. The van der Waals surface area contributed by atoms with Crippen LogP contribution in [0.1, 0.15) is 90.9 Å². The molecule has 1 unspecified atom stereocenters. The molecule has 0 aliphatic heterocycles. The molecule has 0 spiro atoms. The number of esters is 1. The predicted octanol–water partition coefficient (Wildman–Crippen LogP) is 4.54. The van der Waals surface area contributed by atoms with E-state index < -0.39 is 6.23 Å². The smallest absolute Gasteiger partial charge is 0.307 e. The average molecular weight is 271 g/mol. The molecule has 0 rings (SSSR count). The topological polar surface area (TPSA) is 52.3 Å². The first-order valence-corrected chi connectivity index (χ1v) is 8.15. The van der Waals surface area contributed by atoms with Crippen LogP contribution >= 0.6 is 0 Å². The number of carbonyl (C=O) groups excluding carboxylic acids is 1. The summed E-state index contributed by atoms with van der Waals surface area (Å²) in [7, 11) is 0. The van der Waals surface area contributed by atoms with Gasteiger partial charge in [-0.05, 0) is 19.3 Å². The van der Waals surface area contributed by atoms with Gasteiger partial charge in [-0.1, -0.05) is 65.2 Å². The third kappa shape index (κ3) is 13.7. The van der Waals surface area contributed by atoms with Crippen molar-refractivity contribution in [2.45, 2.75) is 97.1 Å². The van der Waals surface area contributed by atoms with E-state index in [1.807, 2.05) is 0 Å². The number of carbonyl (C=O) groups is 1. The summed E-state index contributed by atoms with van der Waals surface area (Å²) in [6.07, 6.45) is 12.7. The van der Waals surface area contributed by atoms with Gasteiger partial charge in [0.2, 0.25) is 0 Å². The Hall–Kier alpha value is -0.570. The summed E-state index contributed by atoms with van der Waals surface area (Å²) in [4.78, 5) is 11.5. The Morgan fingerprint density at radius 3 is 2.00 bits per heavy atom. The third-order valence-electron chi connectivity index (χ3n) is 3.36. The van der Waals surface area contributed by atoms with Gasteiger partial charge in [-0.2, -0.15) is 0 Å². The summed E-state index contributed by atoms with van der Waals surface area (Å²) in [5, 5.41) is 0. The highest BCUT2D eigenvalue weighted by molar-refractivity contribution is 5.69. The van der Waals surface area contributed by atoms with Crippen LogP contribution in [-0.4, -0.2) is 12.2 Å². The largest absolute Gasteiger partial charge is 0.447 e. The quantitative estimate of drug-likeness (QED) is 0.304. The van der Waals surface area contributed by atoms with Gasteiger partial charge in [0.25, 0.3) is 0 Å². The molecule has 1 atom stereocenters. The minimum atomic E-state index is -0.398. The normalized spacial score (nSPS) is 12.4. The van der Waals surface area contributed by atoms with Crippen LogP contribution in [0, 0.1) is 0 Å². The molecule has 0 fully saturated rings. The Morgan fingerprint density at radius 2 is 1.42 bits per heavy atom. The molecule has 0 radical (unpaired) electrons. The molecular formula is C16H33NO2. The van der Waals surface area contributed by atoms with Crippen molar-refractivity contribution in [1.82, 2.24) is 0 Å². The molecule has 0 aliphatic carbocycles. The van der Waals surface area contributed by atoms with Crippen LogP contribution in [0.3, 0.4) is 0 Å². The SMILES string of the molecule is CCCCCCCC(=O)OC(N)CCCCCCC. The minimum Gasteiger partial charge on any atom is -0.447 e. The zero-order valence-electron chi connectivity index (χ0n) is 13.0. The first-order valence-electron chi connectivity index (χ1n) is 8.15. The number of hydrogen-bond acceptors (Lipinski definition) is 3. The lowest BCUT2D eigenvalue weighted by Gasteiger charge is -2.12. The molecule has 0 saturated heterocycles. The highest BCUT2D eigenvalue weighted by Crippen LogP contribution is 2.09. The lowest BCUT2D eigenvalue weighted by Crippen LogP contribution is -2.26. The number of rotatable bonds is 13. The van der Waals surface area contributed by atoms with Gasteiger partial charge in [-0.25, -0.2) is 0 Å². The van der Waals surface area contributed by atoms with Crippen molar-refractivity contribution in [2.24, 2.45) is 5.73 Å². The van der Waals surface area contributed by atoms with Gasteiger partial charge in [-0.3, -0.25) is 10.5 Å². The maximum atomic E-state index is 11.5. The second kappa shape index (κ2) is 13.9. The van der Waals surface area contributed by atoms with Crippen molar-refractivity contribution < 1.29 is 9.53 Å². The lowest BCUT2D eigenvalue weighted by molar-refractivity contribution is -0.149. The summed E-state index contributed by atoms with van der Waals surface area (Å²) in [6, 6.07) is 0. The molecule has 0 heterocycles. The van der Waals surface area contributed by atoms with Crippen LogP contribution in [-0.2, 0) is 9.53 Å². The zero-order chi connectivity index (χ0) is 14.3. The molecule has 0 saturated carbocycles. The molecule has 2 N–H and O–H groups in total. The fourth-order valence-corrected chi connectivity index (χ4v) is 2.11. The van der Waals surface area contributed by atoms with Gasteiger partial charge in [0.05, 0.1) is 0 Å². The van der Waals surface area contributed by atoms with Gasteiger partial charge in [0.15, 0.2) is 6.23 Å². The summed E-state index contributed by atoms with van der Waals surface area (Å²) < 4.78 is 5.20. The highest BCUT2D eigenvalue weighted by Gasteiger charge is 2.09. The molecule has 3 nitrogen and oxygen atoms in total. The van der Waals surface area contributed by atoms with Gasteiger partial charge >= 0.3 is 5.97 Å². The second-order valence-corrected chi connectivity index (χ2v) is 5.40. The Bertz CT molecular complexity index is 207. The standard InChI is InChI=1S/C16H33NO2/c1-3-5-7-9-11-13-15(17)19-16(18)14-12-10-8-6-4-2/h15H,3-14,17H2,1-2H3. The van der Waals surface area contributed by atoms with Crippen LogP contribution in [0.4, 0.5) is 0 Å². The molecule has 0 aromatic rings. The van der Waals surface area contributed by atoms with Crippen molar-refractivity contribution in [1.29, 1.82) is 0 Å². The fraction of sp³-hybridized carbons (Fsp3) is 0.938. The first kappa shape index (κ1) is 18.4. The third-order valence-corrected chi connectivity index (χ3v) is 3.36. The summed E-state index contributed by atoms with van der Waals surface area (Å²) in [6.45, 7) is 4.39. The summed E-state index contributed by atoms with van der Waals surface area (Å²) in [5.41, 5.74) is 5.80. The summed E-state index contributed by atoms with van der Waals surface area (Å²) >= 11 is 0. The summed E-state index contributed by atoms with van der Waals surface area (Å²) in [5.74, 6) is -0.127. The van der Waals surface area contributed by atoms with E-state index in [1.165, 1.54) is 44.9 Å². The maximum absolute atomic E-state index is 11.5. The molecule has 3 heteroatoms. The Labute approximate surface area is 119 Å². The molecule has 0 bridgehead atoms. The number of ether oxygens (including phenoxy) is 1. The number of unbranched alkanes of at least 4 members (excludes halogenated alkanes) is 8. The lowest BCUT2D eigenvalue weighted by atomic mass is 10.1. The predicted molar refractivity (Wildman–Crippen MR) is 80.8 cm³/mol. The zero-order valence-corrected chi connectivity index (χ0v) is 13.0. The van der Waals surface area contributed by atoms with Gasteiger partial charge < -0.3 is 4.74 Å². The fourth-order valence-electron chi connectivity index (χ4n) is 2.11. The van der Waals surface area contributed by atoms with E-state index in [4.69, 9.17) is 10.5 Å². The van der Waals surface area contributed by atoms with E-state index in [-0.39, 0.29) is 5.97 Å². The van der Waals surface area contributed by atoms with E-state index in [1.54, 1.807) is 0 Å². The van der Waals surface area contributed by atoms with Crippen molar-refractivity contribution in [3.05, 3.63) is 0 Å². The Balaban J connectivity index is 3.37. The maximum Gasteiger partial charge on any atom is 0.307 e. The van der Waals surface area contributed by atoms with Crippen molar-refractivity contribution >= 4 is 5.97 Å². The minimum absolute atomic E-state index is 0.127. The van der Waals surface area contributed by atoms with Crippen LogP contribution in [0.15, 0.2) is 0 Å². The first-order chi connectivity index (χ1) is 9.20. The van der Waals surface area contributed by atoms with Crippen molar-refractivity contribution in [3.8, 4) is 0 Å². The highest BCUT2D eigenvalue weighted by atomic mass is 16.6. The van der Waals surface area contributed by atoms with Gasteiger partial charge in [0, 0.05) is 6.42 Å². The Kier molecular flexibility index (Phi) is 13.4.